The third kappa shape index (κ3) is 4.53. The van der Waals surface area contributed by atoms with Gasteiger partial charge in [0.2, 0.25) is 0 Å². The Hall–Kier alpha value is -3.56. The Bertz CT molecular complexity index is 1090. The van der Waals surface area contributed by atoms with E-state index < -0.39 is 17.4 Å². The summed E-state index contributed by atoms with van der Waals surface area (Å²) in [6.07, 6.45) is 2.70. The van der Waals surface area contributed by atoms with Crippen molar-refractivity contribution in [3.05, 3.63) is 66.4 Å². The van der Waals surface area contributed by atoms with Crippen molar-refractivity contribution in [3.8, 4) is 11.4 Å². The van der Waals surface area contributed by atoms with Crippen molar-refractivity contribution >= 4 is 11.7 Å². The number of benzene rings is 1. The number of halogens is 3. The zero-order valence-electron chi connectivity index (χ0n) is 17.2. The summed E-state index contributed by atoms with van der Waals surface area (Å²) in [7, 11) is 0. The Morgan fingerprint density at radius 3 is 2.50 bits per heavy atom. The number of aromatic nitrogens is 4. The van der Waals surface area contributed by atoms with Crippen LogP contribution in [0, 0.1) is 0 Å². The van der Waals surface area contributed by atoms with Crippen LogP contribution < -0.4 is 10.6 Å². The molecule has 0 bridgehead atoms. The monoisotopic (exact) mass is 442 g/mol. The molecular formula is C22H21F3N6O. The molecule has 2 heterocycles. The predicted octanol–water partition coefficient (Wildman–Crippen LogP) is 4.11. The van der Waals surface area contributed by atoms with Gasteiger partial charge >= 0.3 is 6.18 Å². The van der Waals surface area contributed by atoms with E-state index in [-0.39, 0.29) is 17.8 Å². The van der Waals surface area contributed by atoms with Gasteiger partial charge in [-0.05, 0) is 38.3 Å². The van der Waals surface area contributed by atoms with Gasteiger partial charge in [0.25, 0.3) is 5.91 Å². The van der Waals surface area contributed by atoms with E-state index >= 15 is 0 Å². The summed E-state index contributed by atoms with van der Waals surface area (Å²) in [5.41, 5.74) is -0.583. The highest BCUT2D eigenvalue weighted by Gasteiger charge is 2.40. The molecule has 2 atom stereocenters. The summed E-state index contributed by atoms with van der Waals surface area (Å²) in [5.74, 6) is 0.400. The maximum Gasteiger partial charge on any atom is 0.434 e. The van der Waals surface area contributed by atoms with Crippen LogP contribution in [0.1, 0.15) is 42.2 Å². The Labute approximate surface area is 182 Å². The van der Waals surface area contributed by atoms with Gasteiger partial charge in [0, 0.05) is 18.0 Å². The number of rotatable bonds is 5. The van der Waals surface area contributed by atoms with E-state index in [2.05, 4.69) is 30.6 Å². The fourth-order valence-corrected chi connectivity index (χ4v) is 3.93. The van der Waals surface area contributed by atoms with Crippen LogP contribution in [-0.4, -0.2) is 37.4 Å². The summed E-state index contributed by atoms with van der Waals surface area (Å²) >= 11 is 0. The van der Waals surface area contributed by atoms with Gasteiger partial charge in [-0.15, -0.1) is 0 Å². The molecule has 1 aliphatic rings. The van der Waals surface area contributed by atoms with Crippen LogP contribution in [0.2, 0.25) is 0 Å². The fraction of sp³-hybridized carbons (Fsp3) is 0.318. The number of nitrogens with zero attached hydrogens (tertiary/aromatic N) is 4. The number of carbonyl (C=O) groups is 1. The highest BCUT2D eigenvalue weighted by Crippen LogP contribution is 2.34. The molecule has 2 N–H and O–H groups in total. The number of hydrogen-bond donors (Lipinski definition) is 2. The van der Waals surface area contributed by atoms with Gasteiger partial charge in [-0.2, -0.15) is 13.2 Å². The molecule has 0 spiro atoms. The molecule has 1 fully saturated rings. The Balaban J connectivity index is 1.52. The molecule has 10 heteroatoms. The summed E-state index contributed by atoms with van der Waals surface area (Å²) in [6, 6.07) is 8.52. The minimum Gasteiger partial charge on any atom is -0.362 e. The summed E-state index contributed by atoms with van der Waals surface area (Å²) in [5, 5.41) is 6.24. The first-order valence-corrected chi connectivity index (χ1v) is 10.1. The van der Waals surface area contributed by atoms with E-state index in [4.69, 9.17) is 0 Å². The van der Waals surface area contributed by atoms with Crippen LogP contribution in [0.15, 0.2) is 55.1 Å². The van der Waals surface area contributed by atoms with Gasteiger partial charge in [-0.25, -0.2) is 19.9 Å². The Kier molecular flexibility index (Phi) is 5.77. The zero-order valence-corrected chi connectivity index (χ0v) is 17.2. The van der Waals surface area contributed by atoms with Crippen molar-refractivity contribution in [1.82, 2.24) is 25.3 Å². The third-order valence-corrected chi connectivity index (χ3v) is 5.60. The smallest absolute Gasteiger partial charge is 0.362 e. The number of hydrogen-bond acceptors (Lipinski definition) is 6. The van der Waals surface area contributed by atoms with Crippen molar-refractivity contribution in [1.29, 1.82) is 0 Å². The molecule has 1 saturated carbocycles. The van der Waals surface area contributed by atoms with E-state index in [1.807, 2.05) is 13.0 Å². The number of nitrogens with one attached hydrogen (secondary N) is 2. The van der Waals surface area contributed by atoms with Gasteiger partial charge < -0.3 is 10.6 Å². The maximum absolute atomic E-state index is 13.1. The van der Waals surface area contributed by atoms with Crippen LogP contribution in [-0.2, 0) is 6.18 Å². The molecule has 1 aromatic carbocycles. The summed E-state index contributed by atoms with van der Waals surface area (Å²) in [4.78, 5) is 28.9. The van der Waals surface area contributed by atoms with Crippen LogP contribution in [0.25, 0.3) is 11.4 Å². The molecule has 3 aromatic rings. The Morgan fingerprint density at radius 1 is 1.06 bits per heavy atom. The molecule has 0 aliphatic heterocycles. The maximum atomic E-state index is 13.1. The van der Waals surface area contributed by atoms with Gasteiger partial charge in [0.1, 0.15) is 5.82 Å². The lowest BCUT2D eigenvalue weighted by Crippen LogP contribution is -2.52. The predicted molar refractivity (Wildman–Crippen MR) is 112 cm³/mol. The van der Waals surface area contributed by atoms with Gasteiger partial charge in [0.05, 0.1) is 29.5 Å². The first-order valence-electron chi connectivity index (χ1n) is 10.1. The second-order valence-electron chi connectivity index (χ2n) is 7.86. The van der Waals surface area contributed by atoms with Crippen molar-refractivity contribution in [3.63, 3.8) is 0 Å². The molecule has 2 aromatic heterocycles. The second kappa shape index (κ2) is 8.52. The first-order chi connectivity index (χ1) is 15.3. The van der Waals surface area contributed by atoms with Gasteiger partial charge in [-0.3, -0.25) is 4.79 Å². The van der Waals surface area contributed by atoms with Crippen molar-refractivity contribution < 1.29 is 18.0 Å². The van der Waals surface area contributed by atoms with Gasteiger partial charge in [0.15, 0.2) is 11.5 Å². The van der Waals surface area contributed by atoms with Crippen LogP contribution in [0.5, 0.6) is 0 Å². The van der Waals surface area contributed by atoms with Crippen LogP contribution in [0.3, 0.4) is 0 Å². The van der Waals surface area contributed by atoms with E-state index in [1.54, 1.807) is 36.7 Å². The Morgan fingerprint density at radius 2 is 1.81 bits per heavy atom. The standard InChI is InChI=1S/C22H21F3N6O/c1-21(31-18-13-28-17(12-29-18)22(23,24)25)9-4-8-16(21)30-20(32)15-7-3-2-6-14(15)19-26-10-5-11-27-19/h2-3,5-7,10-13,16H,4,8-9H2,1H3,(H,29,31)(H,30,32)/t16?,21-/m0/s1. The molecule has 7 nitrogen and oxygen atoms in total. The van der Waals surface area contributed by atoms with Crippen molar-refractivity contribution in [2.24, 2.45) is 0 Å². The minimum absolute atomic E-state index is 0.222. The number of alkyl halides is 3. The topological polar surface area (TPSA) is 92.7 Å². The molecule has 1 aliphatic carbocycles. The van der Waals surface area contributed by atoms with E-state index in [0.717, 1.165) is 12.6 Å². The third-order valence-electron chi connectivity index (χ3n) is 5.60. The SMILES string of the molecule is C[C@]1(Nc2cnc(C(F)(F)F)cn2)CCCC1NC(=O)c1ccccc1-c1ncccn1. The van der Waals surface area contributed by atoms with Crippen LogP contribution in [0.4, 0.5) is 19.0 Å². The van der Waals surface area contributed by atoms with Crippen molar-refractivity contribution in [2.45, 2.75) is 43.9 Å². The molecule has 166 valence electrons. The molecule has 4 rings (SSSR count). The lowest BCUT2D eigenvalue weighted by atomic mass is 9.94. The quantitative estimate of drug-likeness (QED) is 0.618. The highest BCUT2D eigenvalue weighted by atomic mass is 19.4. The molecular weight excluding hydrogens is 421 g/mol. The normalized spacial score (nSPS) is 20.7. The largest absolute Gasteiger partial charge is 0.434 e. The number of anilines is 1. The average molecular weight is 442 g/mol. The molecule has 1 unspecified atom stereocenters. The van der Waals surface area contributed by atoms with E-state index in [1.165, 1.54) is 0 Å². The lowest BCUT2D eigenvalue weighted by Gasteiger charge is -2.34. The van der Waals surface area contributed by atoms with E-state index in [9.17, 15) is 18.0 Å². The lowest BCUT2D eigenvalue weighted by molar-refractivity contribution is -0.141. The first kappa shape index (κ1) is 21.7. The van der Waals surface area contributed by atoms with Crippen LogP contribution >= 0.6 is 0 Å². The van der Waals surface area contributed by atoms with Crippen molar-refractivity contribution in [2.75, 3.05) is 5.32 Å². The fourth-order valence-electron chi connectivity index (χ4n) is 3.93. The van der Waals surface area contributed by atoms with Gasteiger partial charge in [-0.1, -0.05) is 18.2 Å². The van der Waals surface area contributed by atoms with E-state index in [0.29, 0.717) is 36.0 Å². The molecule has 1 amide bonds. The average Bonchev–Trinajstić information content (AvgIpc) is 3.13. The molecule has 0 radical (unpaired) electrons. The molecule has 32 heavy (non-hydrogen) atoms. The highest BCUT2D eigenvalue weighted by molar-refractivity contribution is 6.00. The zero-order chi connectivity index (χ0) is 22.8. The summed E-state index contributed by atoms with van der Waals surface area (Å²) in [6.45, 7) is 1.91. The molecule has 0 saturated heterocycles. The number of amides is 1. The second-order valence-corrected chi connectivity index (χ2v) is 7.86. The minimum atomic E-state index is -4.55. The summed E-state index contributed by atoms with van der Waals surface area (Å²) < 4.78 is 38.2. The number of carbonyl (C=O) groups excluding carboxylic acids is 1.